The number of hydrogen-bond donors (Lipinski definition) is 1. The summed E-state index contributed by atoms with van der Waals surface area (Å²) >= 11 is 0. The monoisotopic (exact) mass is 421 g/mol. The SMILES string of the molecule is Cc1cc(C(C)(C)C)ccc1OC(C)C(=O)Nc1c(C)n(C)n(-c2ccccc2)c1=O. The van der Waals surface area contributed by atoms with Crippen molar-refractivity contribution < 1.29 is 9.53 Å². The first-order valence-electron chi connectivity index (χ1n) is 10.4. The van der Waals surface area contributed by atoms with Crippen LogP contribution in [-0.2, 0) is 17.3 Å². The van der Waals surface area contributed by atoms with E-state index in [1.54, 1.807) is 25.6 Å². The first-order chi connectivity index (χ1) is 14.5. The van der Waals surface area contributed by atoms with Gasteiger partial charge in [-0.2, -0.15) is 0 Å². The van der Waals surface area contributed by atoms with Gasteiger partial charge >= 0.3 is 0 Å². The van der Waals surface area contributed by atoms with Gasteiger partial charge in [-0.15, -0.1) is 0 Å². The van der Waals surface area contributed by atoms with Crippen LogP contribution in [-0.4, -0.2) is 21.4 Å². The Balaban J connectivity index is 1.80. The molecule has 6 nitrogen and oxygen atoms in total. The molecular weight excluding hydrogens is 390 g/mol. The summed E-state index contributed by atoms with van der Waals surface area (Å²) in [6.07, 6.45) is -0.761. The fourth-order valence-electron chi connectivity index (χ4n) is 3.43. The number of para-hydroxylation sites is 1. The van der Waals surface area contributed by atoms with Crippen LogP contribution in [0.4, 0.5) is 5.69 Å². The minimum atomic E-state index is -0.761. The van der Waals surface area contributed by atoms with E-state index in [-0.39, 0.29) is 22.6 Å². The molecule has 0 aliphatic rings. The van der Waals surface area contributed by atoms with Crippen molar-refractivity contribution in [3.05, 3.63) is 75.7 Å². The Morgan fingerprint density at radius 3 is 2.29 bits per heavy atom. The average molecular weight is 422 g/mol. The smallest absolute Gasteiger partial charge is 0.295 e. The quantitative estimate of drug-likeness (QED) is 0.660. The highest BCUT2D eigenvalue weighted by atomic mass is 16.5. The highest BCUT2D eigenvalue weighted by molar-refractivity contribution is 5.94. The average Bonchev–Trinajstić information content (AvgIpc) is 2.92. The summed E-state index contributed by atoms with van der Waals surface area (Å²) in [5, 5.41) is 2.77. The zero-order valence-electron chi connectivity index (χ0n) is 19.3. The van der Waals surface area contributed by atoms with Crippen LogP contribution in [0.1, 0.15) is 44.5 Å². The molecule has 2 aromatic carbocycles. The van der Waals surface area contributed by atoms with E-state index in [1.807, 2.05) is 49.4 Å². The predicted molar refractivity (Wildman–Crippen MR) is 124 cm³/mol. The van der Waals surface area contributed by atoms with Gasteiger partial charge in [0.05, 0.1) is 11.4 Å². The Morgan fingerprint density at radius 1 is 1.06 bits per heavy atom. The number of anilines is 1. The lowest BCUT2D eigenvalue weighted by molar-refractivity contribution is -0.122. The molecule has 3 rings (SSSR count). The number of aryl methyl sites for hydroxylation is 1. The van der Waals surface area contributed by atoms with Gasteiger partial charge in [0.1, 0.15) is 11.4 Å². The third-order valence-corrected chi connectivity index (χ3v) is 5.52. The zero-order valence-corrected chi connectivity index (χ0v) is 19.3. The van der Waals surface area contributed by atoms with Crippen LogP contribution >= 0.6 is 0 Å². The number of carbonyl (C=O) groups is 1. The van der Waals surface area contributed by atoms with Gasteiger partial charge < -0.3 is 10.1 Å². The Hall–Kier alpha value is -3.28. The van der Waals surface area contributed by atoms with Gasteiger partial charge in [0, 0.05) is 7.05 Å². The van der Waals surface area contributed by atoms with E-state index in [2.05, 4.69) is 32.2 Å². The topological polar surface area (TPSA) is 65.3 Å². The molecule has 0 radical (unpaired) electrons. The minimum absolute atomic E-state index is 0.0375. The standard InChI is InChI=1S/C25H31N3O3/c1-16-15-19(25(4,5)6)13-14-21(16)31-18(3)23(29)26-22-17(2)27(7)28(24(22)30)20-11-9-8-10-12-20/h8-15,18H,1-7H3,(H,26,29). The summed E-state index contributed by atoms with van der Waals surface area (Å²) in [5.74, 6) is 0.285. The summed E-state index contributed by atoms with van der Waals surface area (Å²) in [4.78, 5) is 25.8. The van der Waals surface area contributed by atoms with Crippen molar-refractivity contribution >= 4 is 11.6 Å². The van der Waals surface area contributed by atoms with E-state index >= 15 is 0 Å². The number of amides is 1. The summed E-state index contributed by atoms with van der Waals surface area (Å²) in [5.41, 5.74) is 3.59. The Bertz CT molecular complexity index is 1150. The molecule has 0 aliphatic heterocycles. The van der Waals surface area contributed by atoms with Crippen LogP contribution in [0, 0.1) is 13.8 Å². The summed E-state index contributed by atoms with van der Waals surface area (Å²) in [6.45, 7) is 11.9. The first-order valence-corrected chi connectivity index (χ1v) is 10.4. The molecule has 0 saturated carbocycles. The first kappa shape index (κ1) is 22.4. The van der Waals surface area contributed by atoms with Crippen molar-refractivity contribution in [2.45, 2.75) is 53.1 Å². The number of carbonyl (C=O) groups excluding carboxylic acids is 1. The molecule has 0 saturated heterocycles. The Morgan fingerprint density at radius 2 is 1.71 bits per heavy atom. The third kappa shape index (κ3) is 4.58. The Kier molecular flexibility index (Phi) is 6.11. The van der Waals surface area contributed by atoms with Crippen molar-refractivity contribution in [1.82, 2.24) is 9.36 Å². The van der Waals surface area contributed by atoms with E-state index in [4.69, 9.17) is 4.74 Å². The highest BCUT2D eigenvalue weighted by Gasteiger charge is 2.23. The molecule has 6 heteroatoms. The van der Waals surface area contributed by atoms with Gasteiger partial charge in [-0.3, -0.25) is 14.3 Å². The van der Waals surface area contributed by atoms with Gasteiger partial charge in [0.15, 0.2) is 6.10 Å². The molecule has 0 aliphatic carbocycles. The highest BCUT2D eigenvalue weighted by Crippen LogP contribution is 2.28. The fraction of sp³-hybridized carbons (Fsp3) is 0.360. The molecule has 1 unspecified atom stereocenters. The number of rotatable bonds is 5. The van der Waals surface area contributed by atoms with Gasteiger partial charge in [-0.1, -0.05) is 51.1 Å². The molecule has 164 valence electrons. The van der Waals surface area contributed by atoms with E-state index in [0.717, 1.165) is 11.3 Å². The van der Waals surface area contributed by atoms with Crippen molar-refractivity contribution in [2.75, 3.05) is 5.32 Å². The van der Waals surface area contributed by atoms with Gasteiger partial charge in [0.25, 0.3) is 11.5 Å². The molecule has 0 bridgehead atoms. The number of benzene rings is 2. The molecule has 0 fully saturated rings. The fourth-order valence-corrected chi connectivity index (χ4v) is 3.43. The Labute approximate surface area is 183 Å². The maximum atomic E-state index is 13.0. The van der Waals surface area contributed by atoms with Gasteiger partial charge in [-0.25, -0.2) is 4.68 Å². The lowest BCUT2D eigenvalue weighted by Crippen LogP contribution is -2.32. The zero-order chi connectivity index (χ0) is 22.9. The molecule has 1 atom stereocenters. The van der Waals surface area contributed by atoms with Crippen LogP contribution in [0.2, 0.25) is 0 Å². The molecule has 1 aromatic heterocycles. The van der Waals surface area contributed by atoms with Gasteiger partial charge in [0.2, 0.25) is 0 Å². The number of ether oxygens (including phenoxy) is 1. The van der Waals surface area contributed by atoms with Gasteiger partial charge in [-0.05, 0) is 55.5 Å². The van der Waals surface area contributed by atoms with E-state index in [9.17, 15) is 9.59 Å². The van der Waals surface area contributed by atoms with Crippen LogP contribution in [0.3, 0.4) is 0 Å². The summed E-state index contributed by atoms with van der Waals surface area (Å²) in [7, 11) is 1.79. The minimum Gasteiger partial charge on any atom is -0.481 e. The molecule has 31 heavy (non-hydrogen) atoms. The molecular formula is C25H31N3O3. The molecule has 3 aromatic rings. The maximum Gasteiger partial charge on any atom is 0.295 e. The van der Waals surface area contributed by atoms with Crippen molar-refractivity contribution in [3.8, 4) is 11.4 Å². The second-order valence-corrected chi connectivity index (χ2v) is 8.92. The van der Waals surface area contributed by atoms with Crippen LogP contribution in [0.5, 0.6) is 5.75 Å². The molecule has 1 heterocycles. The predicted octanol–water partition coefficient (Wildman–Crippen LogP) is 4.50. The van der Waals surface area contributed by atoms with Crippen LogP contribution in [0.25, 0.3) is 5.69 Å². The van der Waals surface area contributed by atoms with E-state index < -0.39 is 6.10 Å². The van der Waals surface area contributed by atoms with E-state index in [1.165, 1.54) is 10.2 Å². The lowest BCUT2D eigenvalue weighted by atomic mass is 9.86. The molecule has 1 N–H and O–H groups in total. The summed E-state index contributed by atoms with van der Waals surface area (Å²) in [6, 6.07) is 15.3. The van der Waals surface area contributed by atoms with Crippen molar-refractivity contribution in [1.29, 1.82) is 0 Å². The molecule has 0 spiro atoms. The largest absolute Gasteiger partial charge is 0.481 e. The lowest BCUT2D eigenvalue weighted by Gasteiger charge is -2.21. The van der Waals surface area contributed by atoms with Crippen LogP contribution in [0.15, 0.2) is 53.3 Å². The third-order valence-electron chi connectivity index (χ3n) is 5.52. The van der Waals surface area contributed by atoms with Crippen molar-refractivity contribution in [3.63, 3.8) is 0 Å². The number of nitrogens with one attached hydrogen (secondary N) is 1. The van der Waals surface area contributed by atoms with Crippen molar-refractivity contribution in [2.24, 2.45) is 7.05 Å². The maximum absolute atomic E-state index is 13.0. The second kappa shape index (κ2) is 8.46. The van der Waals surface area contributed by atoms with E-state index in [0.29, 0.717) is 11.4 Å². The normalized spacial score (nSPS) is 12.5. The summed E-state index contributed by atoms with van der Waals surface area (Å²) < 4.78 is 9.18. The molecule has 1 amide bonds. The second-order valence-electron chi connectivity index (χ2n) is 8.92. The number of hydrogen-bond acceptors (Lipinski definition) is 3. The number of aromatic nitrogens is 2. The number of nitrogens with zero attached hydrogens (tertiary/aromatic N) is 2. The van der Waals surface area contributed by atoms with Crippen LogP contribution < -0.4 is 15.6 Å².